The average molecular weight is 946 g/mol. The first-order valence-corrected chi connectivity index (χ1v) is 28.2. The molecular formula is C62H104O6. The summed E-state index contributed by atoms with van der Waals surface area (Å²) in [6.07, 6.45) is 74.0. The minimum absolute atomic E-state index is 0.0872. The maximum Gasteiger partial charge on any atom is 0.306 e. The summed E-state index contributed by atoms with van der Waals surface area (Å²) in [6.45, 7) is 6.46. The highest BCUT2D eigenvalue weighted by Crippen LogP contribution is 2.14. The summed E-state index contributed by atoms with van der Waals surface area (Å²) in [5.74, 6) is -0.918. The molecule has 388 valence electrons. The number of esters is 3. The Morgan fingerprint density at radius 2 is 0.574 bits per heavy atom. The van der Waals surface area contributed by atoms with Crippen LogP contribution in [0, 0.1) is 0 Å². The molecule has 0 aromatic heterocycles. The van der Waals surface area contributed by atoms with Crippen LogP contribution in [-0.4, -0.2) is 37.2 Å². The molecular weight excluding hydrogens is 841 g/mol. The highest BCUT2D eigenvalue weighted by molar-refractivity contribution is 5.71. The Balaban J connectivity index is 4.32. The molecule has 0 saturated carbocycles. The van der Waals surface area contributed by atoms with Crippen LogP contribution in [0.1, 0.15) is 258 Å². The smallest absolute Gasteiger partial charge is 0.306 e. The van der Waals surface area contributed by atoms with Crippen molar-refractivity contribution < 1.29 is 28.6 Å². The molecule has 6 heteroatoms. The monoisotopic (exact) mass is 945 g/mol. The standard InChI is InChI=1S/C62H104O6/c1-4-7-10-13-16-19-21-23-25-27-28-29-30-31-32-33-34-35-37-38-40-43-46-49-52-55-61(64)67-58-59(57-66-60(63)54-51-48-45-42-18-15-12-9-6-3)68-62(65)56-53-50-47-44-41-39-36-26-24-22-20-17-14-11-8-5-2/h7,10,16,19-20,22-23,25-26,28-29,31-32,34-36,59H,4-6,8-9,11-15,17-18,21,24,27,30,33,37-58H2,1-3H3/b10-7-,19-16-,22-20-,25-23-,29-28-,32-31-,35-34-,36-26-. The van der Waals surface area contributed by atoms with Crippen LogP contribution in [-0.2, 0) is 28.6 Å². The topological polar surface area (TPSA) is 78.9 Å². The number of hydrogen-bond donors (Lipinski definition) is 0. The van der Waals surface area contributed by atoms with Crippen LogP contribution in [0.5, 0.6) is 0 Å². The van der Waals surface area contributed by atoms with Crippen molar-refractivity contribution in [1.82, 2.24) is 0 Å². The van der Waals surface area contributed by atoms with Crippen LogP contribution in [0.2, 0.25) is 0 Å². The lowest BCUT2D eigenvalue weighted by molar-refractivity contribution is -0.167. The minimum atomic E-state index is -0.789. The molecule has 0 radical (unpaired) electrons. The third-order valence-corrected chi connectivity index (χ3v) is 11.8. The van der Waals surface area contributed by atoms with Crippen molar-refractivity contribution in [3.63, 3.8) is 0 Å². The van der Waals surface area contributed by atoms with Gasteiger partial charge in [0.1, 0.15) is 13.2 Å². The van der Waals surface area contributed by atoms with Gasteiger partial charge in [-0.3, -0.25) is 14.4 Å². The van der Waals surface area contributed by atoms with Gasteiger partial charge in [0.2, 0.25) is 0 Å². The molecule has 0 bridgehead atoms. The number of allylic oxidation sites excluding steroid dienone is 16. The van der Waals surface area contributed by atoms with Gasteiger partial charge in [0.15, 0.2) is 6.10 Å². The van der Waals surface area contributed by atoms with E-state index in [1.807, 2.05) is 0 Å². The van der Waals surface area contributed by atoms with Crippen LogP contribution in [0.15, 0.2) is 97.2 Å². The van der Waals surface area contributed by atoms with E-state index in [1.165, 1.54) is 83.5 Å². The second-order valence-corrected chi connectivity index (χ2v) is 18.5. The molecule has 0 saturated heterocycles. The van der Waals surface area contributed by atoms with E-state index in [4.69, 9.17) is 14.2 Å². The van der Waals surface area contributed by atoms with Gasteiger partial charge in [0, 0.05) is 19.3 Å². The SMILES string of the molecule is CC/C=C\C/C=C\C/C=C\C/C=C\C/C=C\C/C=C\CCCCCCCCC(=O)OCC(COC(=O)CCCCCCCCCCC)OC(=O)CCCCCCC/C=C\C/C=C\CCCCCC. The lowest BCUT2D eigenvalue weighted by Gasteiger charge is -2.18. The Hall–Kier alpha value is -3.67. The zero-order valence-corrected chi connectivity index (χ0v) is 44.3. The summed E-state index contributed by atoms with van der Waals surface area (Å²) in [7, 11) is 0. The van der Waals surface area contributed by atoms with Gasteiger partial charge in [0.25, 0.3) is 0 Å². The quantitative estimate of drug-likeness (QED) is 0.0262. The van der Waals surface area contributed by atoms with Gasteiger partial charge in [-0.15, -0.1) is 0 Å². The number of unbranched alkanes of at least 4 members (excludes halogenated alkanes) is 23. The number of ether oxygens (including phenoxy) is 3. The molecule has 1 unspecified atom stereocenters. The van der Waals surface area contributed by atoms with Gasteiger partial charge in [-0.25, -0.2) is 0 Å². The van der Waals surface area contributed by atoms with Gasteiger partial charge in [-0.2, -0.15) is 0 Å². The maximum absolute atomic E-state index is 12.8. The molecule has 0 aliphatic heterocycles. The molecule has 0 aliphatic rings. The predicted molar refractivity (Wildman–Crippen MR) is 293 cm³/mol. The summed E-state index contributed by atoms with van der Waals surface area (Å²) in [6, 6.07) is 0. The molecule has 0 spiro atoms. The van der Waals surface area contributed by atoms with E-state index in [2.05, 4.69) is 118 Å². The normalized spacial score (nSPS) is 12.8. The molecule has 0 heterocycles. The van der Waals surface area contributed by atoms with E-state index >= 15 is 0 Å². The lowest BCUT2D eigenvalue weighted by Crippen LogP contribution is -2.30. The summed E-state index contributed by atoms with van der Waals surface area (Å²) < 4.78 is 16.8. The molecule has 0 rings (SSSR count). The molecule has 6 nitrogen and oxygen atoms in total. The first kappa shape index (κ1) is 64.3. The van der Waals surface area contributed by atoms with E-state index in [0.29, 0.717) is 19.3 Å². The van der Waals surface area contributed by atoms with Gasteiger partial charge in [-0.1, -0.05) is 234 Å². The van der Waals surface area contributed by atoms with Gasteiger partial charge >= 0.3 is 17.9 Å². The van der Waals surface area contributed by atoms with Crippen molar-refractivity contribution >= 4 is 17.9 Å². The molecule has 0 aromatic rings. The Morgan fingerprint density at radius 3 is 0.912 bits per heavy atom. The van der Waals surface area contributed by atoms with E-state index in [-0.39, 0.29) is 31.1 Å². The fourth-order valence-corrected chi connectivity index (χ4v) is 7.59. The van der Waals surface area contributed by atoms with Crippen LogP contribution in [0.3, 0.4) is 0 Å². The summed E-state index contributed by atoms with van der Waals surface area (Å²) in [4.78, 5) is 38.0. The maximum atomic E-state index is 12.8. The summed E-state index contributed by atoms with van der Waals surface area (Å²) in [5.41, 5.74) is 0. The minimum Gasteiger partial charge on any atom is -0.462 e. The third-order valence-electron chi connectivity index (χ3n) is 11.8. The highest BCUT2D eigenvalue weighted by atomic mass is 16.6. The Morgan fingerprint density at radius 1 is 0.309 bits per heavy atom. The molecule has 68 heavy (non-hydrogen) atoms. The summed E-state index contributed by atoms with van der Waals surface area (Å²) in [5, 5.41) is 0. The number of rotatable bonds is 50. The van der Waals surface area contributed by atoms with Crippen molar-refractivity contribution in [2.45, 2.75) is 264 Å². The van der Waals surface area contributed by atoms with Crippen LogP contribution >= 0.6 is 0 Å². The second kappa shape index (κ2) is 55.9. The Kier molecular flexibility index (Phi) is 52.9. The van der Waals surface area contributed by atoms with Gasteiger partial charge in [0.05, 0.1) is 0 Å². The number of hydrogen-bond acceptors (Lipinski definition) is 6. The molecule has 0 N–H and O–H groups in total. The third kappa shape index (κ3) is 53.3. The number of carbonyl (C=O) groups excluding carboxylic acids is 3. The fraction of sp³-hybridized carbons (Fsp3) is 0.694. The highest BCUT2D eigenvalue weighted by Gasteiger charge is 2.19. The van der Waals surface area contributed by atoms with Gasteiger partial charge < -0.3 is 14.2 Å². The molecule has 1 atom stereocenters. The zero-order valence-electron chi connectivity index (χ0n) is 44.3. The van der Waals surface area contributed by atoms with Crippen molar-refractivity contribution in [3.05, 3.63) is 97.2 Å². The van der Waals surface area contributed by atoms with Crippen molar-refractivity contribution in [2.75, 3.05) is 13.2 Å². The fourth-order valence-electron chi connectivity index (χ4n) is 7.59. The molecule has 0 aliphatic carbocycles. The largest absolute Gasteiger partial charge is 0.462 e. The van der Waals surface area contributed by atoms with Crippen LogP contribution in [0.4, 0.5) is 0 Å². The molecule has 0 fully saturated rings. The second-order valence-electron chi connectivity index (χ2n) is 18.5. The molecule has 0 amide bonds. The predicted octanol–water partition coefficient (Wildman–Crippen LogP) is 18.9. The average Bonchev–Trinajstić information content (AvgIpc) is 3.34. The van der Waals surface area contributed by atoms with Crippen molar-refractivity contribution in [2.24, 2.45) is 0 Å². The molecule has 0 aromatic carbocycles. The van der Waals surface area contributed by atoms with Crippen LogP contribution in [0.25, 0.3) is 0 Å². The Bertz CT molecular complexity index is 1360. The number of carbonyl (C=O) groups is 3. The lowest BCUT2D eigenvalue weighted by atomic mass is 10.1. The van der Waals surface area contributed by atoms with E-state index in [9.17, 15) is 14.4 Å². The first-order valence-electron chi connectivity index (χ1n) is 28.2. The summed E-state index contributed by atoms with van der Waals surface area (Å²) >= 11 is 0. The van der Waals surface area contributed by atoms with E-state index in [1.54, 1.807) is 0 Å². The van der Waals surface area contributed by atoms with Crippen molar-refractivity contribution in [3.8, 4) is 0 Å². The van der Waals surface area contributed by atoms with E-state index < -0.39 is 6.10 Å². The van der Waals surface area contributed by atoms with E-state index in [0.717, 1.165) is 135 Å². The van der Waals surface area contributed by atoms with Gasteiger partial charge in [-0.05, 0) is 103 Å². The Labute approximate surface area is 419 Å². The zero-order chi connectivity index (χ0) is 49.3. The van der Waals surface area contributed by atoms with Crippen LogP contribution < -0.4 is 0 Å². The first-order chi connectivity index (χ1) is 33.5. The van der Waals surface area contributed by atoms with Crippen molar-refractivity contribution in [1.29, 1.82) is 0 Å².